The number of rotatable bonds is 7. The third-order valence-corrected chi connectivity index (χ3v) is 6.38. The summed E-state index contributed by atoms with van der Waals surface area (Å²) < 4.78 is 1.87. The van der Waals surface area contributed by atoms with Crippen LogP contribution in [0.5, 0.6) is 0 Å². The second-order valence-electron chi connectivity index (χ2n) is 9.11. The van der Waals surface area contributed by atoms with E-state index in [-0.39, 0.29) is 12.0 Å². The number of piperidine rings is 1. The van der Waals surface area contributed by atoms with E-state index in [1.807, 2.05) is 41.2 Å². The van der Waals surface area contributed by atoms with Crippen LogP contribution in [0.15, 0.2) is 48.8 Å². The fourth-order valence-electron chi connectivity index (χ4n) is 4.38. The third-order valence-electron chi connectivity index (χ3n) is 6.38. The van der Waals surface area contributed by atoms with Gasteiger partial charge in [-0.15, -0.1) is 0 Å². The van der Waals surface area contributed by atoms with Crippen molar-refractivity contribution in [3.05, 3.63) is 59.9 Å². The van der Waals surface area contributed by atoms with Crippen molar-refractivity contribution in [1.29, 1.82) is 0 Å². The topological polar surface area (TPSA) is 99.4 Å². The first kappa shape index (κ1) is 21.6. The average molecular weight is 446 g/mol. The van der Waals surface area contributed by atoms with Crippen LogP contribution in [-0.4, -0.2) is 50.4 Å². The van der Waals surface area contributed by atoms with E-state index in [1.165, 1.54) is 0 Å². The fourth-order valence-corrected chi connectivity index (χ4v) is 4.38. The Balaban J connectivity index is 1.40. The summed E-state index contributed by atoms with van der Waals surface area (Å²) in [6.45, 7) is 7.19. The van der Waals surface area contributed by atoms with Gasteiger partial charge in [-0.3, -0.25) is 4.98 Å². The van der Waals surface area contributed by atoms with Crippen molar-refractivity contribution in [2.45, 2.75) is 38.8 Å². The zero-order valence-corrected chi connectivity index (χ0v) is 19.1. The molecule has 8 nitrogen and oxygen atoms in total. The molecule has 1 aromatic carbocycles. The maximum Gasteiger partial charge on any atom is 0.163 e. The lowest BCUT2D eigenvalue weighted by atomic mass is 9.95. The minimum Gasteiger partial charge on any atom is -0.391 e. The predicted molar refractivity (Wildman–Crippen MR) is 132 cm³/mol. The summed E-state index contributed by atoms with van der Waals surface area (Å²) >= 11 is 0. The van der Waals surface area contributed by atoms with Gasteiger partial charge in [0.2, 0.25) is 0 Å². The molecule has 0 amide bonds. The summed E-state index contributed by atoms with van der Waals surface area (Å²) in [5, 5.41) is 26.2. The molecular formula is C25H31N7O. The molecule has 4 aromatic rings. The molecule has 4 N–H and O–H groups in total. The standard InChI is InChI=1S/C25H31N7O/c1-16(2)20-14-30-32-24(29-12-17-9-18-5-3-4-6-21(18)27-11-17)10-23(31-25(20)32)28-13-19-7-8-26-15-22(19)33/h3-6,9-11,14,16,19,22,26,29,33H,7-8,12-13,15H2,1-2H3,(H,28,31)/t19-,22+/m1/s1. The van der Waals surface area contributed by atoms with E-state index in [4.69, 9.17) is 4.98 Å². The average Bonchev–Trinajstić information content (AvgIpc) is 3.26. The molecule has 3 aromatic heterocycles. The Morgan fingerprint density at radius 3 is 2.91 bits per heavy atom. The summed E-state index contributed by atoms with van der Waals surface area (Å²) in [5.74, 6) is 2.18. The van der Waals surface area contributed by atoms with Crippen LogP contribution in [0.25, 0.3) is 16.6 Å². The Morgan fingerprint density at radius 1 is 1.18 bits per heavy atom. The first-order chi connectivity index (χ1) is 16.1. The number of aliphatic hydroxyl groups is 1. The molecule has 172 valence electrons. The molecule has 1 fully saturated rings. The van der Waals surface area contributed by atoms with Gasteiger partial charge in [0.05, 0.1) is 17.8 Å². The molecular weight excluding hydrogens is 414 g/mol. The number of pyridine rings is 1. The highest BCUT2D eigenvalue weighted by molar-refractivity contribution is 5.78. The van der Waals surface area contributed by atoms with Crippen LogP contribution in [0.2, 0.25) is 0 Å². The number of β-amino-alcohol motifs (C(OH)–C–C–N with tert-alkyl or cyclic N) is 1. The number of hydrogen-bond donors (Lipinski definition) is 4. The van der Waals surface area contributed by atoms with Gasteiger partial charge in [-0.1, -0.05) is 32.0 Å². The van der Waals surface area contributed by atoms with Crippen molar-refractivity contribution >= 4 is 28.2 Å². The molecule has 0 saturated carbocycles. The number of hydrogen-bond acceptors (Lipinski definition) is 7. The van der Waals surface area contributed by atoms with E-state index < -0.39 is 0 Å². The number of fused-ring (bicyclic) bond motifs is 2. The van der Waals surface area contributed by atoms with Gasteiger partial charge >= 0.3 is 0 Å². The number of aliphatic hydroxyl groups excluding tert-OH is 1. The van der Waals surface area contributed by atoms with Crippen LogP contribution in [0.3, 0.4) is 0 Å². The lowest BCUT2D eigenvalue weighted by Crippen LogP contribution is -2.43. The summed E-state index contributed by atoms with van der Waals surface area (Å²) in [6.07, 6.45) is 4.42. The molecule has 0 bridgehead atoms. The Bertz CT molecular complexity index is 1250. The molecule has 4 heterocycles. The van der Waals surface area contributed by atoms with Gasteiger partial charge in [0.1, 0.15) is 11.6 Å². The normalized spacial score (nSPS) is 18.8. The van der Waals surface area contributed by atoms with E-state index in [1.54, 1.807) is 0 Å². The summed E-state index contributed by atoms with van der Waals surface area (Å²) in [4.78, 5) is 9.44. The Morgan fingerprint density at radius 2 is 2.06 bits per heavy atom. The number of benzene rings is 1. The smallest absolute Gasteiger partial charge is 0.163 e. The van der Waals surface area contributed by atoms with E-state index in [0.717, 1.165) is 52.3 Å². The second-order valence-corrected chi connectivity index (χ2v) is 9.11. The summed E-state index contributed by atoms with van der Waals surface area (Å²) in [5.41, 5.74) is 4.05. The molecule has 0 radical (unpaired) electrons. The Hall–Kier alpha value is -3.23. The van der Waals surface area contributed by atoms with Crippen LogP contribution in [0, 0.1) is 5.92 Å². The van der Waals surface area contributed by atoms with Gasteiger partial charge in [-0.2, -0.15) is 9.61 Å². The first-order valence-corrected chi connectivity index (χ1v) is 11.7. The highest BCUT2D eigenvalue weighted by Crippen LogP contribution is 2.25. The Labute approximate surface area is 193 Å². The van der Waals surface area contributed by atoms with E-state index >= 15 is 0 Å². The fraction of sp³-hybridized carbons (Fsp3) is 0.400. The SMILES string of the molecule is CC(C)c1cnn2c(NCc3cnc4ccccc4c3)cc(NC[C@H]3CCNC[C@@H]3O)nc12. The van der Waals surface area contributed by atoms with Gasteiger partial charge in [0.25, 0.3) is 0 Å². The molecule has 1 aliphatic heterocycles. The minimum absolute atomic E-state index is 0.207. The van der Waals surface area contributed by atoms with Crippen molar-refractivity contribution in [3.8, 4) is 0 Å². The van der Waals surface area contributed by atoms with Crippen LogP contribution >= 0.6 is 0 Å². The van der Waals surface area contributed by atoms with Crippen molar-refractivity contribution in [1.82, 2.24) is 24.9 Å². The number of para-hydroxylation sites is 1. The van der Waals surface area contributed by atoms with E-state index in [2.05, 4.69) is 52.0 Å². The summed E-state index contributed by atoms with van der Waals surface area (Å²) in [6, 6.07) is 12.3. The largest absolute Gasteiger partial charge is 0.391 e. The second kappa shape index (κ2) is 9.33. The maximum absolute atomic E-state index is 10.3. The lowest BCUT2D eigenvalue weighted by Gasteiger charge is -2.28. The number of anilines is 2. The van der Waals surface area contributed by atoms with Gasteiger partial charge in [-0.25, -0.2) is 4.98 Å². The summed E-state index contributed by atoms with van der Waals surface area (Å²) in [7, 11) is 0. The van der Waals surface area contributed by atoms with Crippen molar-refractivity contribution in [2.24, 2.45) is 5.92 Å². The molecule has 0 aliphatic carbocycles. The molecule has 0 spiro atoms. The molecule has 2 atom stereocenters. The van der Waals surface area contributed by atoms with Gasteiger partial charge in [-0.05, 0) is 36.6 Å². The van der Waals surface area contributed by atoms with Crippen molar-refractivity contribution in [3.63, 3.8) is 0 Å². The minimum atomic E-state index is -0.339. The van der Waals surface area contributed by atoms with Crippen molar-refractivity contribution < 1.29 is 5.11 Å². The van der Waals surface area contributed by atoms with Crippen LogP contribution < -0.4 is 16.0 Å². The first-order valence-electron chi connectivity index (χ1n) is 11.7. The van der Waals surface area contributed by atoms with Crippen LogP contribution in [0.1, 0.15) is 37.3 Å². The van der Waals surface area contributed by atoms with E-state index in [9.17, 15) is 5.11 Å². The lowest BCUT2D eigenvalue weighted by molar-refractivity contribution is 0.0883. The monoisotopic (exact) mass is 445 g/mol. The van der Waals surface area contributed by atoms with Crippen molar-refractivity contribution in [2.75, 3.05) is 30.3 Å². The third kappa shape index (κ3) is 4.62. The molecule has 1 saturated heterocycles. The predicted octanol–water partition coefficient (Wildman–Crippen LogP) is 3.40. The maximum atomic E-state index is 10.3. The van der Waals surface area contributed by atoms with Gasteiger partial charge in [0, 0.05) is 48.8 Å². The zero-order valence-electron chi connectivity index (χ0n) is 19.1. The molecule has 0 unspecified atom stereocenters. The molecule has 8 heteroatoms. The van der Waals surface area contributed by atoms with Gasteiger partial charge in [0.15, 0.2) is 5.65 Å². The highest BCUT2D eigenvalue weighted by Gasteiger charge is 2.23. The molecule has 33 heavy (non-hydrogen) atoms. The Kier molecular flexibility index (Phi) is 6.11. The number of aromatic nitrogens is 4. The quantitative estimate of drug-likeness (QED) is 0.346. The molecule has 1 aliphatic rings. The number of nitrogens with one attached hydrogen (secondary N) is 3. The van der Waals surface area contributed by atoms with Crippen LogP contribution in [0.4, 0.5) is 11.6 Å². The van der Waals surface area contributed by atoms with Crippen LogP contribution in [-0.2, 0) is 6.54 Å². The van der Waals surface area contributed by atoms with E-state index in [0.29, 0.717) is 25.6 Å². The van der Waals surface area contributed by atoms with Gasteiger partial charge < -0.3 is 21.1 Å². The molecule has 5 rings (SSSR count). The highest BCUT2D eigenvalue weighted by atomic mass is 16.3. The zero-order chi connectivity index (χ0) is 22.8. The number of nitrogens with zero attached hydrogens (tertiary/aromatic N) is 4.